The van der Waals surface area contributed by atoms with Crippen molar-refractivity contribution in [3.8, 4) is 23.0 Å². The van der Waals surface area contributed by atoms with Gasteiger partial charge in [-0.3, -0.25) is 9.98 Å². The molecule has 0 aromatic heterocycles. The van der Waals surface area contributed by atoms with E-state index >= 15 is 0 Å². The van der Waals surface area contributed by atoms with Gasteiger partial charge < -0.3 is 24.8 Å². The fraction of sp³-hybridized carbons (Fsp3) is 0.588. The smallest absolute Gasteiger partial charge is 0.436 e. The number of ether oxygens (including phenoxy) is 2. The zero-order valence-electron chi connectivity index (χ0n) is 29.2. The molecule has 17 heteroatoms. The monoisotopic (exact) mass is 788 g/mol. The largest absolute Gasteiger partial charge is 0.795 e. The van der Waals surface area contributed by atoms with E-state index < -0.39 is 24.1 Å². The van der Waals surface area contributed by atoms with Gasteiger partial charge in [-0.25, -0.2) is 13.2 Å². The minimum absolute atomic E-state index is 0. The number of aromatic hydroxyl groups is 2. The minimum Gasteiger partial charge on any atom is -0.795 e. The molecule has 1 radical (unpaired) electrons. The van der Waals surface area contributed by atoms with E-state index in [2.05, 4.69) is 41.5 Å². The van der Waals surface area contributed by atoms with Crippen LogP contribution in [0, 0.1) is 0 Å². The first-order valence-electron chi connectivity index (χ1n) is 15.4. The number of nitrogens with zero attached hydrogens (tertiary/aromatic N) is 2. The van der Waals surface area contributed by atoms with Gasteiger partial charge in [-0.15, -0.1) is 0 Å². The average molecular weight is 789 g/mol. The van der Waals surface area contributed by atoms with Crippen LogP contribution in [0.1, 0.15) is 89.5 Å². The van der Waals surface area contributed by atoms with E-state index in [1.807, 2.05) is 24.3 Å². The maximum atomic E-state index is 12.0. The van der Waals surface area contributed by atoms with Crippen molar-refractivity contribution in [2.45, 2.75) is 114 Å². The van der Waals surface area contributed by atoms with Gasteiger partial charge in [0.2, 0.25) is 6.11 Å². The maximum absolute atomic E-state index is 12.0. The molecule has 1 aliphatic carbocycles. The molecule has 0 aliphatic heterocycles. The molecule has 1 saturated carbocycles. The molecular formula is C34H42CoF9N2O5-. The summed E-state index contributed by atoms with van der Waals surface area (Å²) in [5.41, 5.74) is -4.60. The zero-order chi connectivity index (χ0) is 38.7. The zero-order valence-corrected chi connectivity index (χ0v) is 30.2. The molecule has 3 rings (SSSR count). The second-order valence-corrected chi connectivity index (χ2v) is 13.9. The third kappa shape index (κ3) is 10.9. The van der Waals surface area contributed by atoms with Gasteiger partial charge in [0, 0.05) is 51.5 Å². The first kappa shape index (κ1) is 45.8. The second kappa shape index (κ2) is 16.7. The Balaban J connectivity index is 0.000000736. The van der Waals surface area contributed by atoms with Crippen LogP contribution in [-0.2, 0) is 27.6 Å². The van der Waals surface area contributed by atoms with Crippen molar-refractivity contribution in [2.24, 2.45) is 9.98 Å². The summed E-state index contributed by atoms with van der Waals surface area (Å²) < 4.78 is 114. The standard InChI is InChI=1S/C30H42N2O4.C4F9O.Co/c1-29(2,3)23-15-21(35-7)13-19(27(23)33)17-31-25-11-9-10-12-26(25)32-18-20-14-22(36-8)16-24(28(20)34)30(4,5)6;5-1(2(6,7)8,3(9,10)11)4(12,13)14;/h13-18,25-26,33-34H,9-12H2,1-8H3;;/q;-1;/t25-,26-;;/m1../s1. The number of methoxy groups -OCH3 is 2. The average Bonchev–Trinajstić information content (AvgIpc) is 2.97. The topological polar surface area (TPSA) is 107 Å². The summed E-state index contributed by atoms with van der Waals surface area (Å²) in [5.74, 6) is 1.86. The number of benzene rings is 2. The summed E-state index contributed by atoms with van der Waals surface area (Å²) >= 11 is 0. The van der Waals surface area contributed by atoms with Gasteiger partial charge in [-0.05, 0) is 47.9 Å². The van der Waals surface area contributed by atoms with Crippen LogP contribution in [0.25, 0.3) is 0 Å². The number of rotatable bonds is 7. The Hall–Kier alpha value is -3.18. The van der Waals surface area contributed by atoms with Gasteiger partial charge in [0.1, 0.15) is 23.0 Å². The molecule has 0 unspecified atom stereocenters. The summed E-state index contributed by atoms with van der Waals surface area (Å²) in [6.07, 6.45) is -13.4. The number of halogens is 9. The van der Waals surface area contributed by atoms with Crippen molar-refractivity contribution in [3.63, 3.8) is 0 Å². The summed E-state index contributed by atoms with van der Waals surface area (Å²) in [6.45, 7) is 12.4. The van der Waals surface area contributed by atoms with Gasteiger partial charge in [0.05, 0.1) is 26.3 Å². The summed E-state index contributed by atoms with van der Waals surface area (Å²) in [4.78, 5) is 9.76. The van der Waals surface area contributed by atoms with Crippen LogP contribution in [-0.4, -0.2) is 73.1 Å². The first-order chi connectivity index (χ1) is 22.6. The molecule has 2 aromatic carbocycles. The van der Waals surface area contributed by atoms with Gasteiger partial charge in [-0.1, -0.05) is 54.4 Å². The molecule has 2 atom stereocenters. The van der Waals surface area contributed by atoms with Crippen molar-refractivity contribution in [3.05, 3.63) is 46.5 Å². The number of alkyl halides is 9. The van der Waals surface area contributed by atoms with Crippen LogP contribution in [0.5, 0.6) is 23.0 Å². The quantitative estimate of drug-likeness (QED) is 0.217. The normalized spacial score (nSPS) is 17.9. The third-order valence-corrected chi connectivity index (χ3v) is 8.00. The van der Waals surface area contributed by atoms with Crippen molar-refractivity contribution < 1.29 is 81.1 Å². The molecule has 0 amide bonds. The van der Waals surface area contributed by atoms with E-state index in [1.54, 1.807) is 26.6 Å². The first-order valence-corrected chi connectivity index (χ1v) is 15.4. The molecule has 7 nitrogen and oxygen atoms in total. The van der Waals surface area contributed by atoms with Crippen LogP contribution in [0.15, 0.2) is 34.3 Å². The molecule has 2 aromatic rings. The Kier molecular flexibility index (Phi) is 15.0. The van der Waals surface area contributed by atoms with Gasteiger partial charge in [-0.2, -0.15) is 26.3 Å². The molecule has 0 saturated heterocycles. The van der Waals surface area contributed by atoms with E-state index in [4.69, 9.17) is 19.5 Å². The number of aliphatic imine (C=N–C) groups is 2. The number of phenolic OH excluding ortho intramolecular Hbond substituents is 2. The Morgan fingerprint density at radius 3 is 1.18 bits per heavy atom. The molecule has 0 spiro atoms. The van der Waals surface area contributed by atoms with Gasteiger partial charge >= 0.3 is 18.0 Å². The minimum atomic E-state index is -7.08. The molecule has 51 heavy (non-hydrogen) atoms. The van der Waals surface area contributed by atoms with Crippen LogP contribution in [0.4, 0.5) is 39.5 Å². The Bertz CT molecular complexity index is 1400. The number of hydrogen-bond donors (Lipinski definition) is 2. The van der Waals surface area contributed by atoms with Gasteiger partial charge in [0.15, 0.2) is 0 Å². The van der Waals surface area contributed by atoms with Crippen LogP contribution in [0.3, 0.4) is 0 Å². The van der Waals surface area contributed by atoms with Crippen molar-refractivity contribution in [2.75, 3.05) is 14.2 Å². The molecule has 1 aliphatic rings. The molecule has 0 heterocycles. The van der Waals surface area contributed by atoms with Crippen molar-refractivity contribution in [1.29, 1.82) is 0 Å². The van der Waals surface area contributed by atoms with Crippen molar-refractivity contribution in [1.82, 2.24) is 0 Å². The molecule has 291 valence electrons. The fourth-order valence-corrected chi connectivity index (χ4v) is 5.12. The van der Waals surface area contributed by atoms with Crippen LogP contribution < -0.4 is 14.6 Å². The van der Waals surface area contributed by atoms with E-state index in [9.17, 15) is 54.8 Å². The molecule has 0 bridgehead atoms. The Labute approximate surface area is 301 Å². The maximum Gasteiger partial charge on any atom is 0.436 e. The fourth-order valence-electron chi connectivity index (χ4n) is 5.12. The van der Waals surface area contributed by atoms with E-state index in [-0.39, 0.29) is 51.2 Å². The van der Waals surface area contributed by atoms with E-state index in [0.717, 1.165) is 36.8 Å². The van der Waals surface area contributed by atoms with Crippen LogP contribution >= 0.6 is 0 Å². The number of phenols is 2. The summed E-state index contributed by atoms with van der Waals surface area (Å²) in [5, 5.41) is 31.2. The summed E-state index contributed by atoms with van der Waals surface area (Å²) in [6, 6.07) is 7.39. The van der Waals surface area contributed by atoms with E-state index in [0.29, 0.717) is 22.6 Å². The van der Waals surface area contributed by atoms with Gasteiger partial charge in [0.25, 0.3) is 0 Å². The predicted octanol–water partition coefficient (Wildman–Crippen LogP) is 8.33. The van der Waals surface area contributed by atoms with E-state index in [1.165, 1.54) is 0 Å². The summed E-state index contributed by atoms with van der Waals surface area (Å²) in [7, 11) is 3.26. The molecular weight excluding hydrogens is 746 g/mol. The SMILES string of the molecule is COc1cc(C=N[C@@H]2CCCC[C@H]2N=Cc2cc(OC)cc(C(C)(C)C)c2O)c(O)c(C(C)(C)C)c1.[Co].[O-]C(F)(F)C(F)(C(F)(F)F)C(F)(F)F. The Morgan fingerprint density at radius 1 is 0.647 bits per heavy atom. The molecule has 2 N–H and O–H groups in total. The van der Waals surface area contributed by atoms with Crippen molar-refractivity contribution >= 4 is 12.4 Å². The predicted molar refractivity (Wildman–Crippen MR) is 169 cm³/mol. The molecule has 1 fully saturated rings. The second-order valence-electron chi connectivity index (χ2n) is 13.9. The third-order valence-electron chi connectivity index (χ3n) is 8.00. The van der Waals surface area contributed by atoms with Crippen LogP contribution in [0.2, 0.25) is 0 Å². The Morgan fingerprint density at radius 2 is 0.961 bits per heavy atom. The number of hydrogen-bond acceptors (Lipinski definition) is 7.